The van der Waals surface area contributed by atoms with E-state index >= 15 is 0 Å². The molecule has 0 spiro atoms. The van der Waals surface area contributed by atoms with Gasteiger partial charge in [-0.1, -0.05) is 19.1 Å². The number of halogens is 1. The smallest absolute Gasteiger partial charge is 0.295 e. The lowest BCUT2D eigenvalue weighted by molar-refractivity contribution is -0.139. The van der Waals surface area contributed by atoms with Gasteiger partial charge in [0.25, 0.3) is 11.7 Å². The second-order valence-electron chi connectivity index (χ2n) is 6.27. The van der Waals surface area contributed by atoms with Crippen molar-refractivity contribution < 1.29 is 23.8 Å². The zero-order valence-corrected chi connectivity index (χ0v) is 15.1. The Morgan fingerprint density at radius 2 is 1.74 bits per heavy atom. The Morgan fingerprint density at radius 3 is 2.30 bits per heavy atom. The van der Waals surface area contributed by atoms with Crippen LogP contribution in [0.1, 0.15) is 30.5 Å². The molecule has 1 fully saturated rings. The highest BCUT2D eigenvalue weighted by Crippen LogP contribution is 2.39. The summed E-state index contributed by atoms with van der Waals surface area (Å²) in [4.78, 5) is 26.6. The Labute approximate surface area is 156 Å². The highest BCUT2D eigenvalue weighted by atomic mass is 19.1. The van der Waals surface area contributed by atoms with Crippen molar-refractivity contribution in [3.8, 4) is 5.75 Å². The number of benzene rings is 2. The summed E-state index contributed by atoms with van der Waals surface area (Å²) < 4.78 is 18.4. The van der Waals surface area contributed by atoms with E-state index in [1.165, 1.54) is 36.3 Å². The standard InChI is InChI=1S/C21H20FNO4/c1-3-12-23-18(13-4-8-15(22)9-5-13)17(20(25)21(23)26)19(24)14-6-10-16(27-2)11-7-14/h4-11,18,24H,3,12H2,1-2H3/b19-17-. The number of amides is 1. The number of aliphatic hydroxyl groups excluding tert-OH is 1. The average Bonchev–Trinajstić information content (AvgIpc) is 2.93. The van der Waals surface area contributed by atoms with Crippen LogP contribution in [0.3, 0.4) is 0 Å². The van der Waals surface area contributed by atoms with Gasteiger partial charge in [-0.2, -0.15) is 0 Å². The Bertz CT molecular complexity index is 887. The number of hydrogen-bond donors (Lipinski definition) is 1. The van der Waals surface area contributed by atoms with Gasteiger partial charge in [-0.25, -0.2) is 4.39 Å². The van der Waals surface area contributed by atoms with Crippen LogP contribution in [0.4, 0.5) is 4.39 Å². The minimum atomic E-state index is -0.757. The molecular weight excluding hydrogens is 349 g/mol. The summed E-state index contributed by atoms with van der Waals surface area (Å²) in [7, 11) is 1.53. The number of likely N-dealkylation sites (tertiary alicyclic amines) is 1. The summed E-state index contributed by atoms with van der Waals surface area (Å²) >= 11 is 0. The van der Waals surface area contributed by atoms with Gasteiger partial charge >= 0.3 is 0 Å². The van der Waals surface area contributed by atoms with Gasteiger partial charge in [0.05, 0.1) is 18.7 Å². The van der Waals surface area contributed by atoms with Gasteiger partial charge in [0.15, 0.2) is 0 Å². The number of ether oxygens (including phenoxy) is 1. The Balaban J connectivity index is 2.14. The van der Waals surface area contributed by atoms with Crippen molar-refractivity contribution in [2.75, 3.05) is 13.7 Å². The monoisotopic (exact) mass is 369 g/mol. The van der Waals surface area contributed by atoms with Crippen LogP contribution in [-0.2, 0) is 9.59 Å². The molecule has 3 rings (SSSR count). The first-order valence-electron chi connectivity index (χ1n) is 8.66. The van der Waals surface area contributed by atoms with E-state index in [1.54, 1.807) is 24.3 Å². The summed E-state index contributed by atoms with van der Waals surface area (Å²) in [5.74, 6) is -1.48. The van der Waals surface area contributed by atoms with E-state index < -0.39 is 23.5 Å². The SMILES string of the molecule is CCCN1C(=O)C(=O)/C(=C(\O)c2ccc(OC)cc2)C1c1ccc(F)cc1. The van der Waals surface area contributed by atoms with E-state index in [9.17, 15) is 19.1 Å². The maximum absolute atomic E-state index is 13.3. The number of aliphatic hydroxyl groups is 1. The van der Waals surface area contributed by atoms with Crippen LogP contribution < -0.4 is 4.74 Å². The lowest BCUT2D eigenvalue weighted by atomic mass is 9.95. The summed E-state index contributed by atoms with van der Waals surface area (Å²) in [6, 6.07) is 11.4. The lowest BCUT2D eigenvalue weighted by Crippen LogP contribution is -2.30. The van der Waals surface area contributed by atoms with Crippen molar-refractivity contribution in [2.45, 2.75) is 19.4 Å². The largest absolute Gasteiger partial charge is 0.507 e. The molecule has 6 heteroatoms. The number of Topliss-reactive ketones (excluding diaryl/α,β-unsaturated/α-hetero) is 1. The first-order valence-corrected chi connectivity index (χ1v) is 8.66. The third kappa shape index (κ3) is 3.43. The van der Waals surface area contributed by atoms with Gasteiger partial charge in [-0.05, 0) is 48.4 Å². The van der Waals surface area contributed by atoms with Crippen LogP contribution in [0.5, 0.6) is 5.75 Å². The highest BCUT2D eigenvalue weighted by molar-refractivity contribution is 6.46. The molecule has 0 saturated carbocycles. The fraction of sp³-hybridized carbons (Fsp3) is 0.238. The van der Waals surface area contributed by atoms with Crippen molar-refractivity contribution in [3.05, 3.63) is 71.0 Å². The molecule has 1 N–H and O–H groups in total. The fourth-order valence-corrected chi connectivity index (χ4v) is 3.25. The Kier molecular flexibility index (Phi) is 5.26. The number of carbonyl (C=O) groups excluding carboxylic acids is 2. The van der Waals surface area contributed by atoms with Crippen LogP contribution in [-0.4, -0.2) is 35.4 Å². The minimum Gasteiger partial charge on any atom is -0.507 e. The average molecular weight is 369 g/mol. The van der Waals surface area contributed by atoms with E-state index in [1.807, 2.05) is 6.92 Å². The molecule has 0 aliphatic carbocycles. The van der Waals surface area contributed by atoms with Crippen molar-refractivity contribution in [2.24, 2.45) is 0 Å². The van der Waals surface area contributed by atoms with Gasteiger partial charge in [0.1, 0.15) is 17.3 Å². The van der Waals surface area contributed by atoms with Gasteiger partial charge in [0, 0.05) is 12.1 Å². The molecule has 1 saturated heterocycles. The number of hydrogen-bond acceptors (Lipinski definition) is 4. The van der Waals surface area contributed by atoms with Crippen LogP contribution in [0.25, 0.3) is 5.76 Å². The van der Waals surface area contributed by atoms with E-state index in [-0.39, 0.29) is 11.3 Å². The molecule has 0 aromatic heterocycles. The van der Waals surface area contributed by atoms with Crippen molar-refractivity contribution in [3.63, 3.8) is 0 Å². The third-order valence-corrected chi connectivity index (χ3v) is 4.55. The van der Waals surface area contributed by atoms with Crippen LogP contribution in [0.2, 0.25) is 0 Å². The third-order valence-electron chi connectivity index (χ3n) is 4.55. The lowest BCUT2D eigenvalue weighted by Gasteiger charge is -2.24. The molecule has 1 atom stereocenters. The minimum absolute atomic E-state index is 0.00484. The second kappa shape index (κ2) is 7.61. The summed E-state index contributed by atoms with van der Waals surface area (Å²) in [5.41, 5.74) is 0.974. The highest BCUT2D eigenvalue weighted by Gasteiger charge is 2.45. The molecule has 1 amide bonds. The molecule has 1 unspecified atom stereocenters. The molecule has 5 nitrogen and oxygen atoms in total. The van der Waals surface area contributed by atoms with E-state index in [2.05, 4.69) is 0 Å². The maximum Gasteiger partial charge on any atom is 0.295 e. The first-order chi connectivity index (χ1) is 13.0. The molecule has 2 aromatic rings. The van der Waals surface area contributed by atoms with Crippen LogP contribution >= 0.6 is 0 Å². The molecule has 1 aliphatic heterocycles. The summed E-state index contributed by atoms with van der Waals surface area (Å²) in [5, 5.41) is 10.8. The number of methoxy groups -OCH3 is 1. The Hall–Kier alpha value is -3.15. The van der Waals surface area contributed by atoms with Gasteiger partial charge in [-0.3, -0.25) is 9.59 Å². The molecule has 140 valence electrons. The zero-order valence-electron chi connectivity index (χ0n) is 15.1. The van der Waals surface area contributed by atoms with Crippen molar-refractivity contribution >= 4 is 17.4 Å². The van der Waals surface area contributed by atoms with E-state index in [0.717, 1.165) is 0 Å². The van der Waals surface area contributed by atoms with Crippen LogP contribution in [0.15, 0.2) is 54.1 Å². The summed E-state index contributed by atoms with van der Waals surface area (Å²) in [6.07, 6.45) is 0.646. The van der Waals surface area contributed by atoms with Crippen LogP contribution in [0, 0.1) is 5.82 Å². The fourth-order valence-electron chi connectivity index (χ4n) is 3.25. The van der Waals surface area contributed by atoms with Gasteiger partial charge in [-0.15, -0.1) is 0 Å². The molecular formula is C21H20FNO4. The van der Waals surface area contributed by atoms with E-state index in [4.69, 9.17) is 4.74 Å². The molecule has 0 radical (unpaired) electrons. The number of carbonyl (C=O) groups is 2. The predicted octanol–water partition coefficient (Wildman–Crippen LogP) is 3.67. The molecule has 0 bridgehead atoms. The zero-order chi connectivity index (χ0) is 19.6. The molecule has 27 heavy (non-hydrogen) atoms. The molecule has 1 heterocycles. The maximum atomic E-state index is 13.3. The second-order valence-corrected chi connectivity index (χ2v) is 6.27. The Morgan fingerprint density at radius 1 is 1.11 bits per heavy atom. The normalized spacial score (nSPS) is 18.8. The van der Waals surface area contributed by atoms with E-state index in [0.29, 0.717) is 29.8 Å². The quantitative estimate of drug-likeness (QED) is 0.496. The van der Waals surface area contributed by atoms with Crippen molar-refractivity contribution in [1.82, 2.24) is 4.90 Å². The number of nitrogens with zero attached hydrogens (tertiary/aromatic N) is 1. The number of rotatable bonds is 5. The van der Waals surface area contributed by atoms with Crippen molar-refractivity contribution in [1.29, 1.82) is 0 Å². The summed E-state index contributed by atoms with van der Waals surface area (Å²) in [6.45, 7) is 2.25. The predicted molar refractivity (Wildman–Crippen MR) is 98.7 cm³/mol. The van der Waals surface area contributed by atoms with Gasteiger partial charge < -0.3 is 14.7 Å². The number of ketones is 1. The molecule has 1 aliphatic rings. The first kappa shape index (κ1) is 18.6. The van der Waals surface area contributed by atoms with Gasteiger partial charge in [0.2, 0.25) is 0 Å². The molecule has 2 aromatic carbocycles. The topological polar surface area (TPSA) is 66.8 Å².